The molecule has 0 bridgehead atoms. The van der Waals surface area contributed by atoms with Crippen LogP contribution >= 0.6 is 0 Å². The molecule has 1 aromatic heterocycles. The van der Waals surface area contributed by atoms with Crippen LogP contribution in [-0.4, -0.2) is 45.5 Å². The van der Waals surface area contributed by atoms with Gasteiger partial charge in [-0.05, 0) is 37.1 Å². The Kier molecular flexibility index (Phi) is 5.08. The van der Waals surface area contributed by atoms with Gasteiger partial charge in [0.1, 0.15) is 29.8 Å². The van der Waals surface area contributed by atoms with E-state index in [9.17, 15) is 15.0 Å². The topological polar surface area (TPSA) is 91.7 Å². The van der Waals surface area contributed by atoms with Crippen LogP contribution in [0.3, 0.4) is 0 Å². The van der Waals surface area contributed by atoms with Crippen molar-refractivity contribution in [2.24, 2.45) is 0 Å². The average Bonchev–Trinajstić information content (AvgIpc) is 2.63. The van der Waals surface area contributed by atoms with Crippen molar-refractivity contribution < 1.29 is 19.7 Å². The molecule has 1 saturated carbocycles. The first-order valence-corrected chi connectivity index (χ1v) is 7.95. The first-order chi connectivity index (χ1) is 11.6. The van der Waals surface area contributed by atoms with E-state index in [1.165, 1.54) is 6.20 Å². The van der Waals surface area contributed by atoms with E-state index < -0.39 is 24.4 Å². The van der Waals surface area contributed by atoms with E-state index in [1.807, 2.05) is 18.2 Å². The van der Waals surface area contributed by atoms with E-state index in [2.05, 4.69) is 10.3 Å². The van der Waals surface area contributed by atoms with E-state index in [1.54, 1.807) is 30.3 Å². The minimum Gasteiger partial charge on any atom is -0.488 e. The van der Waals surface area contributed by atoms with Gasteiger partial charge >= 0.3 is 0 Å². The number of benzene rings is 1. The standard InChI is InChI=1S/C18H20N2O4/c21-16-13(20-18(23)14-8-4-5-11-19-14)9-10-15(17(16)22)24-12-6-2-1-3-7-12/h1-8,11,13,15-17,21-22H,9-10H2,(H,20,23)/t13-,15-,16-,17-/m1/s1. The van der Waals surface area contributed by atoms with Gasteiger partial charge in [0.2, 0.25) is 0 Å². The lowest BCUT2D eigenvalue weighted by Gasteiger charge is -2.37. The Bertz CT molecular complexity index is 665. The second-order valence-corrected chi connectivity index (χ2v) is 5.82. The van der Waals surface area contributed by atoms with E-state index in [4.69, 9.17) is 4.74 Å². The zero-order valence-electron chi connectivity index (χ0n) is 13.1. The highest BCUT2D eigenvalue weighted by molar-refractivity contribution is 5.92. The molecule has 1 fully saturated rings. The summed E-state index contributed by atoms with van der Waals surface area (Å²) in [5.74, 6) is 0.277. The van der Waals surface area contributed by atoms with Crippen LogP contribution in [0.25, 0.3) is 0 Å². The maximum Gasteiger partial charge on any atom is 0.270 e. The first-order valence-electron chi connectivity index (χ1n) is 7.95. The van der Waals surface area contributed by atoms with Gasteiger partial charge in [-0.15, -0.1) is 0 Å². The number of carbonyl (C=O) groups excluding carboxylic acids is 1. The molecule has 1 aliphatic rings. The van der Waals surface area contributed by atoms with Crippen molar-refractivity contribution >= 4 is 5.91 Å². The monoisotopic (exact) mass is 328 g/mol. The zero-order chi connectivity index (χ0) is 16.9. The van der Waals surface area contributed by atoms with Crippen LogP contribution in [0, 0.1) is 0 Å². The molecule has 126 valence electrons. The van der Waals surface area contributed by atoms with E-state index in [0.717, 1.165) is 0 Å². The lowest BCUT2D eigenvalue weighted by atomic mass is 9.87. The van der Waals surface area contributed by atoms with Gasteiger partial charge in [0.05, 0.1) is 6.04 Å². The minimum atomic E-state index is -1.10. The number of hydrogen-bond acceptors (Lipinski definition) is 5. The molecule has 3 N–H and O–H groups in total. The predicted molar refractivity (Wildman–Crippen MR) is 87.6 cm³/mol. The van der Waals surface area contributed by atoms with Crippen LogP contribution in [0.1, 0.15) is 23.3 Å². The summed E-state index contributed by atoms with van der Waals surface area (Å²) in [5.41, 5.74) is 0.279. The number of nitrogens with zero attached hydrogens (tertiary/aromatic N) is 1. The van der Waals surface area contributed by atoms with Crippen LogP contribution in [0.4, 0.5) is 0 Å². The molecule has 24 heavy (non-hydrogen) atoms. The van der Waals surface area contributed by atoms with Crippen LogP contribution < -0.4 is 10.1 Å². The van der Waals surface area contributed by atoms with Crippen LogP contribution in [0.15, 0.2) is 54.7 Å². The third kappa shape index (κ3) is 3.72. The molecule has 4 atom stereocenters. The number of hydrogen-bond donors (Lipinski definition) is 3. The molecule has 0 radical (unpaired) electrons. The number of para-hydroxylation sites is 1. The molecular formula is C18H20N2O4. The Balaban J connectivity index is 1.60. The van der Waals surface area contributed by atoms with E-state index >= 15 is 0 Å². The molecule has 1 aromatic carbocycles. The Labute approximate surface area is 140 Å². The van der Waals surface area contributed by atoms with Crippen LogP contribution in [-0.2, 0) is 0 Å². The lowest BCUT2D eigenvalue weighted by Crippen LogP contribution is -2.57. The first kappa shape index (κ1) is 16.4. The molecule has 0 unspecified atom stereocenters. The van der Waals surface area contributed by atoms with Crippen molar-refractivity contribution in [2.45, 2.75) is 37.2 Å². The van der Waals surface area contributed by atoms with Gasteiger partial charge in [0, 0.05) is 6.20 Å². The van der Waals surface area contributed by atoms with Crippen LogP contribution in [0.2, 0.25) is 0 Å². The summed E-state index contributed by atoms with van der Waals surface area (Å²) in [6, 6.07) is 13.7. The van der Waals surface area contributed by atoms with Gasteiger partial charge in [0.25, 0.3) is 5.91 Å². The number of aliphatic hydroxyl groups is 2. The molecule has 1 aliphatic carbocycles. The molecule has 2 aromatic rings. The fraction of sp³-hybridized carbons (Fsp3) is 0.333. The largest absolute Gasteiger partial charge is 0.488 e. The fourth-order valence-corrected chi connectivity index (χ4v) is 2.84. The molecule has 0 saturated heterocycles. The van der Waals surface area contributed by atoms with Crippen molar-refractivity contribution in [1.82, 2.24) is 10.3 Å². The number of aromatic nitrogens is 1. The predicted octanol–water partition coefficient (Wildman–Crippen LogP) is 1.14. The summed E-state index contributed by atoms with van der Waals surface area (Å²) in [5, 5.41) is 23.4. The summed E-state index contributed by atoms with van der Waals surface area (Å²) in [6.45, 7) is 0. The zero-order valence-corrected chi connectivity index (χ0v) is 13.1. The molecule has 1 heterocycles. The highest BCUT2D eigenvalue weighted by Crippen LogP contribution is 2.25. The second kappa shape index (κ2) is 7.42. The van der Waals surface area contributed by atoms with Gasteiger partial charge in [-0.2, -0.15) is 0 Å². The number of amides is 1. The Hall–Kier alpha value is -2.44. The Morgan fingerprint density at radius 3 is 2.50 bits per heavy atom. The normalized spacial score (nSPS) is 26.6. The highest BCUT2D eigenvalue weighted by atomic mass is 16.5. The number of aliphatic hydroxyl groups excluding tert-OH is 2. The van der Waals surface area contributed by atoms with Gasteiger partial charge in [0.15, 0.2) is 0 Å². The molecule has 1 amide bonds. The molecule has 6 heteroatoms. The van der Waals surface area contributed by atoms with Crippen molar-refractivity contribution in [2.75, 3.05) is 0 Å². The molecule has 6 nitrogen and oxygen atoms in total. The maximum atomic E-state index is 12.1. The maximum absolute atomic E-state index is 12.1. The Morgan fingerprint density at radius 1 is 1.04 bits per heavy atom. The molecule has 0 aliphatic heterocycles. The number of rotatable bonds is 4. The third-order valence-electron chi connectivity index (χ3n) is 4.15. The van der Waals surface area contributed by atoms with Gasteiger partial charge in [-0.25, -0.2) is 0 Å². The van der Waals surface area contributed by atoms with Gasteiger partial charge in [-0.1, -0.05) is 24.3 Å². The van der Waals surface area contributed by atoms with Crippen molar-refractivity contribution in [3.05, 3.63) is 60.4 Å². The quantitative estimate of drug-likeness (QED) is 0.783. The summed E-state index contributed by atoms with van der Waals surface area (Å²) in [4.78, 5) is 16.1. The highest BCUT2D eigenvalue weighted by Gasteiger charge is 2.39. The fourth-order valence-electron chi connectivity index (χ4n) is 2.84. The second-order valence-electron chi connectivity index (χ2n) is 5.82. The molecule has 0 spiro atoms. The van der Waals surface area contributed by atoms with Gasteiger partial charge in [-0.3, -0.25) is 9.78 Å². The minimum absolute atomic E-state index is 0.279. The summed E-state index contributed by atoms with van der Waals surface area (Å²) in [7, 11) is 0. The third-order valence-corrected chi connectivity index (χ3v) is 4.15. The average molecular weight is 328 g/mol. The van der Waals surface area contributed by atoms with Crippen molar-refractivity contribution in [1.29, 1.82) is 0 Å². The summed E-state index contributed by atoms with van der Waals surface area (Å²) >= 11 is 0. The van der Waals surface area contributed by atoms with Crippen molar-refractivity contribution in [3.63, 3.8) is 0 Å². The van der Waals surface area contributed by atoms with Gasteiger partial charge < -0.3 is 20.3 Å². The number of carbonyl (C=O) groups is 1. The molecular weight excluding hydrogens is 308 g/mol. The molecule has 3 rings (SSSR count). The summed E-state index contributed by atoms with van der Waals surface area (Å²) < 4.78 is 5.74. The number of nitrogens with one attached hydrogen (secondary N) is 1. The Morgan fingerprint density at radius 2 is 1.79 bits per heavy atom. The lowest BCUT2D eigenvalue weighted by molar-refractivity contribution is -0.0874. The SMILES string of the molecule is O=C(N[C@@H]1CC[C@@H](Oc2ccccc2)[C@@H](O)[C@@H]1O)c1ccccn1. The van der Waals surface area contributed by atoms with Crippen molar-refractivity contribution in [3.8, 4) is 5.75 Å². The van der Waals surface area contributed by atoms with Crippen LogP contribution in [0.5, 0.6) is 5.75 Å². The van der Waals surface area contributed by atoms with E-state index in [0.29, 0.717) is 18.6 Å². The number of ether oxygens (including phenoxy) is 1. The summed E-state index contributed by atoms with van der Waals surface area (Å²) in [6.07, 6.45) is -0.113. The van der Waals surface area contributed by atoms with E-state index in [-0.39, 0.29) is 11.6 Å². The smallest absolute Gasteiger partial charge is 0.270 e. The number of pyridine rings is 1.